The van der Waals surface area contributed by atoms with Crippen LogP contribution in [-0.4, -0.2) is 23.0 Å². The second-order valence-electron chi connectivity index (χ2n) is 6.46. The van der Waals surface area contributed by atoms with E-state index in [0.717, 1.165) is 18.0 Å². The van der Waals surface area contributed by atoms with E-state index in [2.05, 4.69) is 36.7 Å². The van der Waals surface area contributed by atoms with Crippen LogP contribution in [0.5, 0.6) is 0 Å². The lowest BCUT2D eigenvalue weighted by molar-refractivity contribution is 0.108. The van der Waals surface area contributed by atoms with Crippen LogP contribution >= 0.6 is 0 Å². The highest BCUT2D eigenvalue weighted by Crippen LogP contribution is 2.34. The second kappa shape index (κ2) is 5.27. The SMILES string of the molecule is CC(C)(C)C1CCN(Cc2cccnc2N)CC1. The second-order valence-corrected chi connectivity index (χ2v) is 6.46. The molecule has 0 radical (unpaired) electrons. The first kappa shape index (κ1) is 13.3. The zero-order chi connectivity index (χ0) is 13.2. The summed E-state index contributed by atoms with van der Waals surface area (Å²) < 4.78 is 0. The molecule has 2 rings (SSSR count). The van der Waals surface area contributed by atoms with E-state index in [9.17, 15) is 0 Å². The summed E-state index contributed by atoms with van der Waals surface area (Å²) in [6.45, 7) is 10.4. The number of likely N-dealkylation sites (tertiary alicyclic amines) is 1. The van der Waals surface area contributed by atoms with Gasteiger partial charge in [-0.3, -0.25) is 4.90 Å². The molecule has 2 N–H and O–H groups in total. The van der Waals surface area contributed by atoms with Crippen LogP contribution in [0.25, 0.3) is 0 Å². The number of piperidine rings is 1. The Bertz CT molecular complexity index is 387. The van der Waals surface area contributed by atoms with Crippen molar-refractivity contribution in [2.45, 2.75) is 40.2 Å². The van der Waals surface area contributed by atoms with Crippen molar-refractivity contribution in [2.75, 3.05) is 18.8 Å². The summed E-state index contributed by atoms with van der Waals surface area (Å²) >= 11 is 0. The Balaban J connectivity index is 1.90. The van der Waals surface area contributed by atoms with E-state index in [-0.39, 0.29) is 0 Å². The number of nitrogens with two attached hydrogens (primary N) is 1. The first-order valence-corrected chi connectivity index (χ1v) is 6.88. The monoisotopic (exact) mass is 247 g/mol. The van der Waals surface area contributed by atoms with Crippen molar-refractivity contribution in [3.05, 3.63) is 23.9 Å². The smallest absolute Gasteiger partial charge is 0.127 e. The minimum absolute atomic E-state index is 0.444. The molecule has 3 heteroatoms. The van der Waals surface area contributed by atoms with E-state index in [1.807, 2.05) is 6.07 Å². The topological polar surface area (TPSA) is 42.2 Å². The van der Waals surface area contributed by atoms with Gasteiger partial charge in [0.15, 0.2) is 0 Å². The zero-order valence-corrected chi connectivity index (χ0v) is 11.8. The van der Waals surface area contributed by atoms with Crippen LogP contribution < -0.4 is 5.73 Å². The quantitative estimate of drug-likeness (QED) is 0.873. The third kappa shape index (κ3) is 3.22. The zero-order valence-electron chi connectivity index (χ0n) is 11.8. The van der Waals surface area contributed by atoms with Crippen LogP contribution in [0.4, 0.5) is 5.82 Å². The number of nitrogen functional groups attached to an aromatic ring is 1. The minimum atomic E-state index is 0.444. The summed E-state index contributed by atoms with van der Waals surface area (Å²) in [6, 6.07) is 4.05. The van der Waals surface area contributed by atoms with Crippen molar-refractivity contribution < 1.29 is 0 Å². The summed E-state index contributed by atoms with van der Waals surface area (Å²) in [6.07, 6.45) is 4.35. The molecule has 0 aromatic carbocycles. The Morgan fingerprint density at radius 3 is 2.56 bits per heavy atom. The summed E-state index contributed by atoms with van der Waals surface area (Å²) in [5.41, 5.74) is 7.50. The van der Waals surface area contributed by atoms with E-state index in [1.165, 1.54) is 25.9 Å². The van der Waals surface area contributed by atoms with Crippen LogP contribution in [0.15, 0.2) is 18.3 Å². The Labute approximate surface area is 110 Å². The first-order chi connectivity index (χ1) is 8.47. The highest BCUT2D eigenvalue weighted by atomic mass is 15.1. The van der Waals surface area contributed by atoms with Gasteiger partial charge in [0.05, 0.1) is 0 Å². The molecule has 0 unspecified atom stereocenters. The molecular weight excluding hydrogens is 222 g/mol. The van der Waals surface area contributed by atoms with Crippen molar-refractivity contribution >= 4 is 5.82 Å². The van der Waals surface area contributed by atoms with Crippen LogP contribution in [0.2, 0.25) is 0 Å². The number of nitrogens with zero attached hydrogens (tertiary/aromatic N) is 2. The third-order valence-electron chi connectivity index (χ3n) is 4.13. The normalized spacial score (nSPS) is 19.1. The van der Waals surface area contributed by atoms with Crippen molar-refractivity contribution in [3.8, 4) is 0 Å². The highest BCUT2D eigenvalue weighted by Gasteiger charge is 2.28. The summed E-state index contributed by atoms with van der Waals surface area (Å²) in [7, 11) is 0. The fraction of sp³-hybridized carbons (Fsp3) is 0.667. The van der Waals surface area contributed by atoms with E-state index in [1.54, 1.807) is 6.20 Å². The number of rotatable bonds is 2. The van der Waals surface area contributed by atoms with Crippen LogP contribution in [-0.2, 0) is 6.54 Å². The summed E-state index contributed by atoms with van der Waals surface area (Å²) in [4.78, 5) is 6.65. The number of pyridine rings is 1. The Kier molecular flexibility index (Phi) is 3.91. The molecule has 2 heterocycles. The molecule has 18 heavy (non-hydrogen) atoms. The van der Waals surface area contributed by atoms with Gasteiger partial charge in [0, 0.05) is 18.3 Å². The maximum absolute atomic E-state index is 5.90. The molecule has 1 saturated heterocycles. The van der Waals surface area contributed by atoms with Gasteiger partial charge in [0.1, 0.15) is 5.82 Å². The molecular formula is C15H25N3. The number of anilines is 1. The van der Waals surface area contributed by atoms with Crippen molar-refractivity contribution in [1.29, 1.82) is 0 Å². The Morgan fingerprint density at radius 1 is 1.33 bits per heavy atom. The van der Waals surface area contributed by atoms with E-state index in [0.29, 0.717) is 11.2 Å². The number of aromatic nitrogens is 1. The lowest BCUT2D eigenvalue weighted by atomic mass is 9.75. The molecule has 1 aliphatic rings. The first-order valence-electron chi connectivity index (χ1n) is 6.88. The maximum atomic E-state index is 5.90. The van der Waals surface area contributed by atoms with E-state index in [4.69, 9.17) is 5.73 Å². The number of hydrogen-bond acceptors (Lipinski definition) is 3. The average molecular weight is 247 g/mol. The Morgan fingerprint density at radius 2 is 2.00 bits per heavy atom. The van der Waals surface area contributed by atoms with Gasteiger partial charge in [-0.25, -0.2) is 4.98 Å². The molecule has 0 atom stereocenters. The molecule has 0 spiro atoms. The lowest BCUT2D eigenvalue weighted by Gasteiger charge is -2.38. The van der Waals surface area contributed by atoms with E-state index < -0.39 is 0 Å². The van der Waals surface area contributed by atoms with Gasteiger partial charge in [0.2, 0.25) is 0 Å². The predicted octanol–water partition coefficient (Wildman–Crippen LogP) is 2.92. The van der Waals surface area contributed by atoms with Gasteiger partial charge in [-0.15, -0.1) is 0 Å². The summed E-state index contributed by atoms with van der Waals surface area (Å²) in [5, 5.41) is 0. The summed E-state index contributed by atoms with van der Waals surface area (Å²) in [5.74, 6) is 1.52. The molecule has 1 aliphatic heterocycles. The molecule has 0 bridgehead atoms. The number of hydrogen-bond donors (Lipinski definition) is 1. The molecule has 0 saturated carbocycles. The van der Waals surface area contributed by atoms with Gasteiger partial charge >= 0.3 is 0 Å². The fourth-order valence-electron chi connectivity index (χ4n) is 2.78. The minimum Gasteiger partial charge on any atom is -0.383 e. The molecule has 1 aromatic rings. The molecule has 1 aromatic heterocycles. The molecule has 0 aliphatic carbocycles. The van der Waals surface area contributed by atoms with Crippen molar-refractivity contribution in [3.63, 3.8) is 0 Å². The molecule has 1 fully saturated rings. The maximum Gasteiger partial charge on any atom is 0.127 e. The van der Waals surface area contributed by atoms with Gasteiger partial charge < -0.3 is 5.73 Å². The van der Waals surface area contributed by atoms with E-state index >= 15 is 0 Å². The van der Waals surface area contributed by atoms with Gasteiger partial charge in [-0.2, -0.15) is 0 Å². The highest BCUT2D eigenvalue weighted by molar-refractivity contribution is 5.38. The predicted molar refractivity (Wildman–Crippen MR) is 76.1 cm³/mol. The molecule has 0 amide bonds. The van der Waals surface area contributed by atoms with Gasteiger partial charge in [-0.05, 0) is 43.3 Å². The fourth-order valence-corrected chi connectivity index (χ4v) is 2.78. The standard InChI is InChI=1S/C15H25N3/c1-15(2,3)13-6-9-18(10-7-13)11-12-5-4-8-17-14(12)16/h4-5,8,13H,6-7,9-11H2,1-3H3,(H2,16,17). The largest absolute Gasteiger partial charge is 0.383 e. The van der Waals surface area contributed by atoms with Crippen LogP contribution in [0, 0.1) is 11.3 Å². The average Bonchev–Trinajstić information content (AvgIpc) is 2.32. The van der Waals surface area contributed by atoms with Crippen molar-refractivity contribution in [1.82, 2.24) is 9.88 Å². The van der Waals surface area contributed by atoms with Gasteiger partial charge in [0.25, 0.3) is 0 Å². The molecule has 3 nitrogen and oxygen atoms in total. The lowest BCUT2D eigenvalue weighted by Crippen LogP contribution is -2.37. The van der Waals surface area contributed by atoms with Crippen LogP contribution in [0.3, 0.4) is 0 Å². The van der Waals surface area contributed by atoms with Gasteiger partial charge in [-0.1, -0.05) is 26.8 Å². The third-order valence-corrected chi connectivity index (χ3v) is 4.13. The van der Waals surface area contributed by atoms with Crippen molar-refractivity contribution in [2.24, 2.45) is 11.3 Å². The Hall–Kier alpha value is -1.09. The van der Waals surface area contributed by atoms with Crippen LogP contribution in [0.1, 0.15) is 39.2 Å². The molecule has 100 valence electrons.